The van der Waals surface area contributed by atoms with Crippen LogP contribution in [0.4, 0.5) is 5.69 Å². The summed E-state index contributed by atoms with van der Waals surface area (Å²) < 4.78 is 7.95. The number of nitrogens with zero attached hydrogens (tertiary/aromatic N) is 2. The molecule has 1 aromatic heterocycles. The molecule has 0 atom stereocenters. The number of ether oxygens (including phenoxy) is 1. The smallest absolute Gasteiger partial charge is 0.230 e. The molecule has 0 spiro atoms. The van der Waals surface area contributed by atoms with Crippen molar-refractivity contribution in [1.82, 2.24) is 4.57 Å². The average Bonchev–Trinajstić information content (AvgIpc) is 3.13. The number of hydrogen-bond donors (Lipinski definition) is 1. The fourth-order valence-corrected chi connectivity index (χ4v) is 7.67. The first-order chi connectivity index (χ1) is 16.5. The van der Waals surface area contributed by atoms with Crippen molar-refractivity contribution in [1.29, 1.82) is 0 Å². The van der Waals surface area contributed by atoms with Crippen LogP contribution < -0.4 is 14.9 Å². The van der Waals surface area contributed by atoms with Gasteiger partial charge in [0.25, 0.3) is 0 Å². The lowest BCUT2D eigenvalue weighted by atomic mass is 9.53. The molecule has 34 heavy (non-hydrogen) atoms. The Morgan fingerprint density at radius 3 is 2.26 bits per heavy atom. The van der Waals surface area contributed by atoms with Crippen molar-refractivity contribution in [2.45, 2.75) is 50.5 Å². The first-order valence-corrected chi connectivity index (χ1v) is 13.2. The van der Waals surface area contributed by atoms with Gasteiger partial charge in [0.2, 0.25) is 5.91 Å². The summed E-state index contributed by atoms with van der Waals surface area (Å²) >= 11 is 1.68. The van der Waals surface area contributed by atoms with E-state index in [9.17, 15) is 4.79 Å². The second-order valence-electron chi connectivity index (χ2n) is 10.5. The van der Waals surface area contributed by atoms with Gasteiger partial charge >= 0.3 is 0 Å². The molecule has 7 rings (SSSR count). The molecular weight excluding hydrogens is 442 g/mol. The van der Waals surface area contributed by atoms with Crippen molar-refractivity contribution in [3.8, 4) is 11.5 Å². The zero-order valence-corrected chi connectivity index (χ0v) is 20.4. The fraction of sp³-hybridized carbons (Fsp3) is 0.429. The van der Waals surface area contributed by atoms with Gasteiger partial charge in [-0.15, -0.1) is 11.3 Å². The number of benzene rings is 2. The van der Waals surface area contributed by atoms with E-state index in [4.69, 9.17) is 9.73 Å². The zero-order chi connectivity index (χ0) is 23.1. The summed E-state index contributed by atoms with van der Waals surface area (Å²) in [5.74, 6) is 4.16. The van der Waals surface area contributed by atoms with Crippen molar-refractivity contribution in [2.75, 3.05) is 5.32 Å². The van der Waals surface area contributed by atoms with E-state index in [1.807, 2.05) is 61.6 Å². The van der Waals surface area contributed by atoms with Crippen LogP contribution >= 0.6 is 11.3 Å². The minimum absolute atomic E-state index is 0.0218. The summed E-state index contributed by atoms with van der Waals surface area (Å²) in [6.07, 6.45) is 8.40. The Hall–Kier alpha value is -2.86. The Labute approximate surface area is 204 Å². The minimum Gasteiger partial charge on any atom is -0.457 e. The summed E-state index contributed by atoms with van der Waals surface area (Å²) in [6.45, 7) is 0. The van der Waals surface area contributed by atoms with Crippen LogP contribution in [0.5, 0.6) is 11.5 Å². The molecule has 3 aromatic rings. The topological polar surface area (TPSA) is 55.6 Å². The molecule has 1 N–H and O–H groups in total. The highest BCUT2D eigenvalue weighted by Crippen LogP contribution is 2.57. The molecule has 1 amide bonds. The Morgan fingerprint density at radius 1 is 1.00 bits per heavy atom. The highest BCUT2D eigenvalue weighted by atomic mass is 32.1. The van der Waals surface area contributed by atoms with Gasteiger partial charge in [-0.1, -0.05) is 18.2 Å². The number of para-hydroxylation sites is 1. The quantitative estimate of drug-likeness (QED) is 0.482. The molecule has 1 heterocycles. The molecule has 4 bridgehead atoms. The summed E-state index contributed by atoms with van der Waals surface area (Å²) in [4.78, 5) is 19.2. The Bertz CT molecular complexity index is 1210. The van der Waals surface area contributed by atoms with Crippen molar-refractivity contribution < 1.29 is 9.53 Å². The van der Waals surface area contributed by atoms with E-state index in [0.29, 0.717) is 6.42 Å². The molecule has 0 aliphatic heterocycles. The monoisotopic (exact) mass is 473 g/mol. The van der Waals surface area contributed by atoms with Gasteiger partial charge in [-0.3, -0.25) is 9.79 Å². The van der Waals surface area contributed by atoms with Gasteiger partial charge in [0.05, 0.1) is 12.0 Å². The third-order valence-corrected chi connectivity index (χ3v) is 8.78. The third kappa shape index (κ3) is 4.43. The molecule has 0 unspecified atom stereocenters. The third-order valence-electron chi connectivity index (χ3n) is 7.82. The normalized spacial score (nSPS) is 27.7. The predicted octanol–water partition coefficient (Wildman–Crippen LogP) is 5.93. The lowest BCUT2D eigenvalue weighted by molar-refractivity contribution is -0.115. The molecule has 2 aromatic carbocycles. The first kappa shape index (κ1) is 21.7. The minimum atomic E-state index is -0.0218. The molecule has 176 valence electrons. The molecule has 4 aliphatic rings. The van der Waals surface area contributed by atoms with Crippen molar-refractivity contribution in [2.24, 2.45) is 29.8 Å². The average molecular weight is 474 g/mol. The summed E-state index contributed by atoms with van der Waals surface area (Å²) in [5, 5.41) is 5.10. The second kappa shape index (κ2) is 8.73. The number of rotatable bonds is 6. The van der Waals surface area contributed by atoms with Crippen LogP contribution in [0.25, 0.3) is 0 Å². The van der Waals surface area contributed by atoms with Crippen LogP contribution in [-0.4, -0.2) is 16.0 Å². The number of amides is 1. The maximum Gasteiger partial charge on any atom is 0.230 e. The lowest BCUT2D eigenvalue weighted by Crippen LogP contribution is -2.50. The first-order valence-electron chi connectivity index (χ1n) is 12.4. The van der Waals surface area contributed by atoms with Gasteiger partial charge < -0.3 is 14.6 Å². The van der Waals surface area contributed by atoms with E-state index in [1.54, 1.807) is 11.3 Å². The van der Waals surface area contributed by atoms with E-state index in [1.165, 1.54) is 38.5 Å². The van der Waals surface area contributed by atoms with Gasteiger partial charge in [0, 0.05) is 23.8 Å². The standard InChI is InChI=1S/C28H31N3O2S/c1-31-23(18-34-27(31)30-28-15-19-11-20(16-28)13-21(12-19)17-28)14-26(32)29-22-7-9-25(10-8-22)33-24-5-3-2-4-6-24/h2-10,18-21H,11-17H2,1H3,(H,29,32). The molecule has 6 heteroatoms. The number of thiazole rings is 1. The molecule has 0 radical (unpaired) electrons. The van der Waals surface area contributed by atoms with Crippen molar-refractivity contribution in [3.63, 3.8) is 0 Å². The van der Waals surface area contributed by atoms with E-state index in [0.717, 1.165) is 45.4 Å². The Morgan fingerprint density at radius 2 is 1.62 bits per heavy atom. The Kier molecular flexibility index (Phi) is 5.56. The number of aromatic nitrogens is 1. The van der Waals surface area contributed by atoms with E-state index >= 15 is 0 Å². The highest BCUT2D eigenvalue weighted by Gasteiger charge is 2.51. The van der Waals surface area contributed by atoms with Crippen LogP contribution in [-0.2, 0) is 18.3 Å². The van der Waals surface area contributed by atoms with Crippen LogP contribution in [0.2, 0.25) is 0 Å². The van der Waals surface area contributed by atoms with Gasteiger partial charge in [-0.25, -0.2) is 0 Å². The number of nitrogens with one attached hydrogen (secondary N) is 1. The second-order valence-corrected chi connectivity index (χ2v) is 11.3. The van der Waals surface area contributed by atoms with Crippen LogP contribution in [0.1, 0.15) is 44.2 Å². The largest absolute Gasteiger partial charge is 0.457 e. The number of anilines is 1. The molecule has 4 fully saturated rings. The maximum absolute atomic E-state index is 12.7. The van der Waals surface area contributed by atoms with E-state index in [-0.39, 0.29) is 11.4 Å². The van der Waals surface area contributed by atoms with Crippen molar-refractivity contribution in [3.05, 3.63) is 70.5 Å². The van der Waals surface area contributed by atoms with E-state index < -0.39 is 0 Å². The van der Waals surface area contributed by atoms with Gasteiger partial charge in [-0.2, -0.15) is 0 Å². The summed E-state index contributed by atoms with van der Waals surface area (Å²) in [7, 11) is 2.05. The molecule has 4 aliphatic carbocycles. The van der Waals surface area contributed by atoms with Crippen molar-refractivity contribution >= 4 is 22.9 Å². The molecule has 5 nitrogen and oxygen atoms in total. The number of hydrogen-bond acceptors (Lipinski definition) is 4. The number of carbonyl (C=O) groups is 1. The SMILES string of the molecule is Cn1c(CC(=O)Nc2ccc(Oc3ccccc3)cc2)csc1=NC12CC3CC(CC(C3)C1)C2. The van der Waals surface area contributed by atoms with Gasteiger partial charge in [0.15, 0.2) is 4.80 Å². The van der Waals surface area contributed by atoms with Crippen LogP contribution in [0.3, 0.4) is 0 Å². The highest BCUT2D eigenvalue weighted by molar-refractivity contribution is 7.07. The van der Waals surface area contributed by atoms with Crippen LogP contribution in [0.15, 0.2) is 65.0 Å². The number of carbonyl (C=O) groups excluding carboxylic acids is 1. The lowest BCUT2D eigenvalue weighted by Gasteiger charge is -2.54. The van der Waals surface area contributed by atoms with E-state index in [2.05, 4.69) is 15.3 Å². The molecule has 4 saturated carbocycles. The predicted molar refractivity (Wildman–Crippen MR) is 135 cm³/mol. The van der Waals surface area contributed by atoms with Gasteiger partial charge in [0.1, 0.15) is 11.5 Å². The fourth-order valence-electron chi connectivity index (χ4n) is 6.67. The Balaban J connectivity index is 1.11. The van der Waals surface area contributed by atoms with Crippen LogP contribution in [0, 0.1) is 17.8 Å². The maximum atomic E-state index is 12.7. The van der Waals surface area contributed by atoms with Gasteiger partial charge in [-0.05, 0) is 92.7 Å². The molecule has 0 saturated heterocycles. The zero-order valence-electron chi connectivity index (χ0n) is 19.6. The summed E-state index contributed by atoms with van der Waals surface area (Å²) in [6, 6.07) is 17.2. The molecular formula is C28H31N3O2S. The summed E-state index contributed by atoms with van der Waals surface area (Å²) in [5.41, 5.74) is 1.93.